The number of carbonyl (C=O) groups is 8. The molecule has 36 nitrogen and oxygen atoms in total. The van der Waals surface area contributed by atoms with E-state index >= 15 is 0 Å². The maximum absolute atomic E-state index is 13.9. The maximum atomic E-state index is 13.9. The van der Waals surface area contributed by atoms with Crippen molar-refractivity contribution in [3.05, 3.63) is 93.0 Å². The van der Waals surface area contributed by atoms with E-state index in [1.807, 2.05) is 0 Å². The minimum atomic E-state index is -1.46. The second kappa shape index (κ2) is 49.5. The number of nitrogens with one attached hydrogen (secondary N) is 4. The van der Waals surface area contributed by atoms with Gasteiger partial charge in [0.2, 0.25) is 36.2 Å². The minimum Gasteiger partial charge on any atom is -0.491 e. The average Bonchev–Trinajstić information content (AvgIpc) is 0.770. The van der Waals surface area contributed by atoms with Gasteiger partial charge in [-0.15, -0.1) is 0 Å². The van der Waals surface area contributed by atoms with Gasteiger partial charge < -0.3 is 136 Å². The van der Waals surface area contributed by atoms with Crippen LogP contribution in [0.2, 0.25) is 0 Å². The Balaban J connectivity index is 1.45. The van der Waals surface area contributed by atoms with Crippen LogP contribution in [0.5, 0.6) is 23.0 Å². The summed E-state index contributed by atoms with van der Waals surface area (Å²) in [4.78, 5) is 104. The van der Waals surface area contributed by atoms with Crippen LogP contribution in [0, 0.1) is 0 Å². The van der Waals surface area contributed by atoms with Gasteiger partial charge in [-0.05, 0) is 48.5 Å². The van der Waals surface area contributed by atoms with Gasteiger partial charge in [0.05, 0.1) is 185 Å². The molecular weight excluding hydrogens is 1460 g/mol. The Morgan fingerprint density at radius 3 is 0.682 bits per heavy atom. The van der Waals surface area contributed by atoms with Crippen molar-refractivity contribution in [2.45, 2.75) is 63.9 Å². The van der Waals surface area contributed by atoms with Crippen molar-refractivity contribution >= 4 is 70.3 Å². The first-order chi connectivity index (χ1) is 53.5. The van der Waals surface area contributed by atoms with E-state index in [2.05, 4.69) is 21.3 Å². The molecule has 2 atom stereocenters. The van der Waals surface area contributed by atoms with Crippen molar-refractivity contribution in [1.82, 2.24) is 0 Å². The van der Waals surface area contributed by atoms with Gasteiger partial charge in [0.1, 0.15) is 75.1 Å². The van der Waals surface area contributed by atoms with Crippen molar-refractivity contribution < 1.29 is 154 Å². The highest BCUT2D eigenvalue weighted by molar-refractivity contribution is 6.03. The van der Waals surface area contributed by atoms with Crippen LogP contribution in [0.4, 0.5) is 22.7 Å². The standard InChI is InChI=1S/C74H98N4O32/c79-61(43-65(83)84)75-57-35-49-31-53-39-59(77-63(81)45-67(87)88)40-54(73(53)109-69-47-103-21-19-97-9-7-91-1-3-93-11-15-99-23-27-105-69)32-50-36-58(76-62(80)44-66(85)86)38-52-34-56-42-60(78-64(82)46-68(89)90)41-55(74(56)110-70-48-104-22-20-98-10-8-92-2-4-94-12-16-100-24-28-106-70)33-51(37-57)71(49)107-29-25-101-17-13-95-5-6-96-14-18-102-26-30-108-72(50)52/h35-42,69-70H,1-34,43-48H2,(H,75,79)(H,76,80)(H,77,81)(H,78,82)(H,83,84)(H,85,86)(H,87,88)(H,89,90). The summed E-state index contributed by atoms with van der Waals surface area (Å²) in [5.74, 6) is -9.26. The van der Waals surface area contributed by atoms with Crippen LogP contribution >= 0.6 is 0 Å². The van der Waals surface area contributed by atoms with E-state index in [-0.39, 0.29) is 301 Å². The molecule has 10 bridgehead atoms. The predicted octanol–water partition coefficient (Wildman–Crippen LogP) is 3.49. The number of anilines is 4. The van der Waals surface area contributed by atoms with Crippen molar-refractivity contribution in [2.75, 3.05) is 233 Å². The van der Waals surface area contributed by atoms with Gasteiger partial charge in [-0.3, -0.25) is 38.4 Å². The molecule has 8 N–H and O–H groups in total. The van der Waals surface area contributed by atoms with E-state index in [0.717, 1.165) is 0 Å². The fourth-order valence-corrected chi connectivity index (χ4v) is 11.5. The van der Waals surface area contributed by atoms with Gasteiger partial charge in [-0.25, -0.2) is 0 Å². The van der Waals surface area contributed by atoms with E-state index in [4.69, 9.17) is 94.7 Å². The molecule has 0 spiro atoms. The van der Waals surface area contributed by atoms with Crippen LogP contribution < -0.4 is 40.2 Å². The zero-order chi connectivity index (χ0) is 77.9. The Bertz CT molecular complexity index is 3240. The maximum Gasteiger partial charge on any atom is 0.312 e. The third-order valence-electron chi connectivity index (χ3n) is 16.0. The highest BCUT2D eigenvalue weighted by atomic mass is 16.7. The molecule has 0 saturated carbocycles. The fourth-order valence-electron chi connectivity index (χ4n) is 11.5. The first kappa shape index (κ1) is 86.8. The quantitative estimate of drug-likeness (QED) is 0.0655. The highest BCUT2D eigenvalue weighted by Crippen LogP contribution is 2.44. The first-order valence-corrected chi connectivity index (χ1v) is 36.1. The van der Waals surface area contributed by atoms with Crippen molar-refractivity contribution in [1.29, 1.82) is 0 Å². The number of amides is 4. The van der Waals surface area contributed by atoms with Crippen LogP contribution in [0.15, 0.2) is 48.5 Å². The summed E-state index contributed by atoms with van der Waals surface area (Å²) in [6.45, 7) is 3.54. The lowest BCUT2D eigenvalue weighted by Gasteiger charge is -2.27. The number of ether oxygens (including phenoxy) is 20. The summed E-state index contributed by atoms with van der Waals surface area (Å²) in [6.07, 6.45) is -7.77. The number of carboxylic acid groups (broad SMARTS) is 4. The SMILES string of the molecule is O=C(O)CC(=O)Nc1cc2c3c(c1)Cc1cc(NC(=O)CC(=O)O)cc(c1OC1COCCOCCOCCOCCOCCO1)Cc1cc(NC(=O)CC(=O)O)cc(c1OCCOCCOCCOCCOCCO3)Cc1cc(NC(=O)CC(=O)O)cc(c1OC1COCCOCCOCCOCCOCCO1)C2. The summed E-state index contributed by atoms with van der Waals surface area (Å²) >= 11 is 0. The second-order valence-electron chi connectivity index (χ2n) is 24.7. The third kappa shape index (κ3) is 33.0. The Morgan fingerprint density at radius 2 is 0.464 bits per heavy atom. The fraction of sp³-hybridized carbons (Fsp3) is 0.568. The van der Waals surface area contributed by atoms with Gasteiger partial charge in [-0.1, -0.05) is 0 Å². The van der Waals surface area contributed by atoms with Crippen LogP contribution in [0.1, 0.15) is 70.2 Å². The average molecular weight is 1560 g/mol. The topological polar surface area (TPSA) is 450 Å². The monoisotopic (exact) mass is 1550 g/mol. The highest BCUT2D eigenvalue weighted by Gasteiger charge is 2.30. The number of hydrogen-bond acceptors (Lipinski definition) is 28. The third-order valence-corrected chi connectivity index (χ3v) is 16.0. The predicted molar refractivity (Wildman–Crippen MR) is 384 cm³/mol. The number of benzene rings is 4. The number of rotatable bonds is 16. The molecule has 1 aliphatic carbocycles. The molecule has 3 heterocycles. The van der Waals surface area contributed by atoms with Crippen LogP contribution in [0.25, 0.3) is 0 Å². The van der Waals surface area contributed by atoms with Crippen molar-refractivity contribution in [3.63, 3.8) is 0 Å². The number of hydrogen-bond donors (Lipinski definition) is 8. The molecule has 0 radical (unpaired) electrons. The lowest BCUT2D eigenvalue weighted by molar-refractivity contribution is -0.141. The molecule has 4 amide bonds. The summed E-state index contributed by atoms with van der Waals surface area (Å²) in [5.41, 5.74) is 1.88. The Hall–Kier alpha value is -8.80. The molecule has 3 aliphatic heterocycles. The molecule has 4 aliphatic rings. The molecule has 2 fully saturated rings. The normalized spacial score (nSPS) is 19.2. The summed E-state index contributed by atoms with van der Waals surface area (Å²) in [5, 5.41) is 50.7. The summed E-state index contributed by atoms with van der Waals surface area (Å²) in [6, 6.07) is 12.2. The van der Waals surface area contributed by atoms with E-state index in [9.17, 15) is 58.8 Å². The number of carboxylic acids is 4. The van der Waals surface area contributed by atoms with Gasteiger partial charge >= 0.3 is 23.9 Å². The van der Waals surface area contributed by atoms with Crippen molar-refractivity contribution in [2.24, 2.45) is 0 Å². The molecule has 2 saturated heterocycles. The molecule has 606 valence electrons. The Kier molecular flexibility index (Phi) is 39.0. The minimum absolute atomic E-state index is 0.0241. The number of fused-ring (bicyclic) bond motifs is 2. The zero-order valence-corrected chi connectivity index (χ0v) is 61.3. The number of aliphatic carboxylic acids is 4. The second-order valence-corrected chi connectivity index (χ2v) is 24.7. The molecule has 0 aromatic heterocycles. The van der Waals surface area contributed by atoms with E-state index < -0.39 is 85.8 Å². The van der Waals surface area contributed by atoms with E-state index in [0.29, 0.717) is 26.4 Å². The molecular formula is C74H98N4O32. The Labute approximate surface area is 634 Å². The molecule has 4 aromatic rings. The number of carbonyl (C=O) groups excluding carboxylic acids is 4. The van der Waals surface area contributed by atoms with Gasteiger partial charge in [0, 0.05) is 92.9 Å². The van der Waals surface area contributed by atoms with Crippen LogP contribution in [0.3, 0.4) is 0 Å². The van der Waals surface area contributed by atoms with E-state index in [1.165, 1.54) is 48.5 Å². The van der Waals surface area contributed by atoms with Gasteiger partial charge in [0.15, 0.2) is 0 Å². The molecule has 110 heavy (non-hydrogen) atoms. The smallest absolute Gasteiger partial charge is 0.312 e. The lowest BCUT2D eigenvalue weighted by Crippen LogP contribution is -2.30. The van der Waals surface area contributed by atoms with Crippen molar-refractivity contribution in [3.8, 4) is 23.0 Å². The molecule has 8 rings (SSSR count). The molecule has 4 aromatic carbocycles. The largest absolute Gasteiger partial charge is 0.491 e. The van der Waals surface area contributed by atoms with Gasteiger partial charge in [-0.2, -0.15) is 0 Å². The Morgan fingerprint density at radius 1 is 0.273 bits per heavy atom. The van der Waals surface area contributed by atoms with Gasteiger partial charge in [0.25, 0.3) is 0 Å². The van der Waals surface area contributed by atoms with Crippen LogP contribution in [-0.4, -0.2) is 292 Å². The zero-order valence-electron chi connectivity index (χ0n) is 61.3. The van der Waals surface area contributed by atoms with Crippen LogP contribution in [-0.2, 0) is 140 Å². The first-order valence-electron chi connectivity index (χ1n) is 36.1. The molecule has 36 heteroatoms. The van der Waals surface area contributed by atoms with E-state index in [1.54, 1.807) is 0 Å². The molecule has 2 unspecified atom stereocenters. The summed E-state index contributed by atoms with van der Waals surface area (Å²) in [7, 11) is 0. The summed E-state index contributed by atoms with van der Waals surface area (Å²) < 4.78 is 123. The lowest BCUT2D eigenvalue weighted by atomic mass is 9.90.